The van der Waals surface area contributed by atoms with Crippen molar-refractivity contribution in [3.8, 4) is 33.4 Å². The molecule has 52 heavy (non-hydrogen) atoms. The first-order chi connectivity index (χ1) is 25.2. The van der Waals surface area contributed by atoms with Crippen molar-refractivity contribution < 1.29 is 0 Å². The van der Waals surface area contributed by atoms with Gasteiger partial charge >= 0.3 is 0 Å². The molecule has 0 amide bonds. The molecule has 0 fully saturated rings. The van der Waals surface area contributed by atoms with E-state index < -0.39 is 0 Å². The first-order valence-electron chi connectivity index (χ1n) is 17.4. The third-order valence-electron chi connectivity index (χ3n) is 9.16. The number of nitrogens with one attached hydrogen (secondary N) is 2. The smallest absolute Gasteiger partial charge is 0.0781 e. The van der Waals surface area contributed by atoms with E-state index in [1.807, 2.05) is 12.1 Å². The lowest BCUT2D eigenvalue weighted by atomic mass is 9.96. The average molecular weight is 840 g/mol. The van der Waals surface area contributed by atoms with Gasteiger partial charge in [-0.2, -0.15) is 0 Å². The topological polar surface area (TPSA) is 24.1 Å². The van der Waals surface area contributed by atoms with Crippen LogP contribution < -0.4 is 10.6 Å². The van der Waals surface area contributed by atoms with Crippen LogP contribution in [0, 0.1) is 0 Å². The molecule has 266 valence electrons. The largest absolute Gasteiger partial charge is 0.356 e. The molecule has 6 rings (SSSR count). The molecule has 2 N–H and O–H groups in total. The predicted octanol–water partition coefficient (Wildman–Crippen LogP) is 13.5. The molecule has 0 radical (unpaired) electrons. The molecule has 10 heteroatoms. The molecule has 0 aliphatic carbocycles. The van der Waals surface area contributed by atoms with Gasteiger partial charge in [0.25, 0.3) is 0 Å². The Morgan fingerprint density at radius 1 is 0.385 bits per heavy atom. The SMILES string of the molecule is [SiH3]CCCc1c(-c2ccc(Nc3ccc(-c4ccc(Nc5ccc(-c6cc(Cl)c(Cl)c(Cl)c6CCC[SiH3])cc5)cc4)cc3)cc2)cc(Cl)c(Cl)c1Cl. The van der Waals surface area contributed by atoms with Crippen molar-refractivity contribution in [2.45, 2.75) is 37.8 Å². The highest BCUT2D eigenvalue weighted by molar-refractivity contribution is 6.49. The Kier molecular flexibility index (Phi) is 13.4. The molecule has 0 saturated heterocycles. The van der Waals surface area contributed by atoms with Gasteiger partial charge in [0.2, 0.25) is 0 Å². The zero-order valence-corrected chi connectivity index (χ0v) is 37.4. The number of anilines is 4. The van der Waals surface area contributed by atoms with Crippen LogP contribution in [0.15, 0.2) is 109 Å². The van der Waals surface area contributed by atoms with Crippen molar-refractivity contribution in [1.29, 1.82) is 0 Å². The van der Waals surface area contributed by atoms with Crippen LogP contribution in [-0.2, 0) is 12.8 Å². The van der Waals surface area contributed by atoms with Crippen molar-refractivity contribution in [3.63, 3.8) is 0 Å². The van der Waals surface area contributed by atoms with Crippen molar-refractivity contribution in [2.75, 3.05) is 10.6 Å². The zero-order chi connectivity index (χ0) is 36.8. The number of benzene rings is 6. The molecule has 0 aromatic heterocycles. The van der Waals surface area contributed by atoms with E-state index >= 15 is 0 Å². The van der Waals surface area contributed by atoms with E-state index in [1.54, 1.807) is 0 Å². The van der Waals surface area contributed by atoms with Crippen molar-refractivity contribution >= 4 is 113 Å². The molecular weight excluding hydrogens is 801 g/mol. The second kappa shape index (κ2) is 17.9. The molecule has 0 atom stereocenters. The zero-order valence-electron chi connectivity index (χ0n) is 28.9. The minimum absolute atomic E-state index is 0.428. The van der Waals surface area contributed by atoms with Gasteiger partial charge in [0.15, 0.2) is 0 Å². The Morgan fingerprint density at radius 3 is 0.962 bits per heavy atom. The molecule has 0 bridgehead atoms. The minimum Gasteiger partial charge on any atom is -0.356 e. The summed E-state index contributed by atoms with van der Waals surface area (Å²) in [4.78, 5) is 0. The average Bonchev–Trinajstić information content (AvgIpc) is 3.16. The van der Waals surface area contributed by atoms with Gasteiger partial charge in [0.1, 0.15) is 0 Å². The third-order valence-corrected chi connectivity index (χ3v) is 13.2. The molecule has 6 aromatic rings. The minimum atomic E-state index is 0.428. The summed E-state index contributed by atoms with van der Waals surface area (Å²) in [5.74, 6) is 0. The summed E-state index contributed by atoms with van der Waals surface area (Å²) in [6.07, 6.45) is 3.94. The van der Waals surface area contributed by atoms with Crippen LogP contribution in [0.3, 0.4) is 0 Å². The van der Waals surface area contributed by atoms with Gasteiger partial charge < -0.3 is 10.6 Å². The molecule has 0 unspecified atom stereocenters. The van der Waals surface area contributed by atoms with E-state index in [2.05, 4.69) is 108 Å². The quantitative estimate of drug-likeness (QED) is 0.0894. The fourth-order valence-corrected chi connectivity index (χ4v) is 8.41. The summed E-state index contributed by atoms with van der Waals surface area (Å²) in [6.45, 7) is 0. The first kappa shape index (κ1) is 38.8. The number of halogens is 6. The van der Waals surface area contributed by atoms with Gasteiger partial charge in [-0.25, -0.2) is 0 Å². The summed E-state index contributed by atoms with van der Waals surface area (Å²) >= 11 is 38.9. The molecule has 0 aliphatic rings. The van der Waals surface area contributed by atoms with Crippen LogP contribution in [0.4, 0.5) is 22.7 Å². The lowest BCUT2D eigenvalue weighted by Gasteiger charge is -2.15. The second-order valence-corrected chi connectivity index (χ2v) is 17.1. The Hall–Kier alpha value is -2.91. The summed E-state index contributed by atoms with van der Waals surface area (Å²) < 4.78 is 0. The van der Waals surface area contributed by atoms with Gasteiger partial charge in [-0.15, -0.1) is 0 Å². The maximum atomic E-state index is 6.64. The normalized spacial score (nSPS) is 11.3. The van der Waals surface area contributed by atoms with E-state index in [4.69, 9.17) is 69.6 Å². The van der Waals surface area contributed by atoms with E-state index in [9.17, 15) is 0 Å². The summed E-state index contributed by atoms with van der Waals surface area (Å²) in [5, 5.41) is 9.95. The molecule has 6 aromatic carbocycles. The van der Waals surface area contributed by atoms with Gasteiger partial charge in [0, 0.05) is 43.2 Å². The van der Waals surface area contributed by atoms with Gasteiger partial charge in [-0.3, -0.25) is 0 Å². The Labute approximate surface area is 342 Å². The van der Waals surface area contributed by atoms with Crippen LogP contribution in [-0.4, -0.2) is 20.5 Å². The molecule has 0 spiro atoms. The van der Waals surface area contributed by atoms with E-state index in [1.165, 1.54) is 12.1 Å². The van der Waals surface area contributed by atoms with E-state index in [0.717, 1.165) is 113 Å². The summed E-state index contributed by atoms with van der Waals surface area (Å²) in [5.41, 5.74) is 12.6. The fraction of sp³-hybridized carbons (Fsp3) is 0.143. The summed E-state index contributed by atoms with van der Waals surface area (Å²) in [7, 11) is 2.32. The fourth-order valence-electron chi connectivity index (χ4n) is 6.27. The van der Waals surface area contributed by atoms with Crippen molar-refractivity contribution in [1.82, 2.24) is 0 Å². The highest BCUT2D eigenvalue weighted by Gasteiger charge is 2.17. The van der Waals surface area contributed by atoms with Crippen LogP contribution >= 0.6 is 69.6 Å². The molecule has 0 aliphatic heterocycles. The van der Waals surface area contributed by atoms with Gasteiger partial charge in [-0.1, -0.05) is 143 Å². The number of hydrogen-bond acceptors (Lipinski definition) is 2. The Morgan fingerprint density at radius 2 is 0.673 bits per heavy atom. The first-order valence-corrected chi connectivity index (χ1v) is 22.5. The molecule has 2 nitrogen and oxygen atoms in total. The number of hydrogen-bond donors (Lipinski definition) is 2. The molecule has 0 heterocycles. The monoisotopic (exact) mass is 836 g/mol. The van der Waals surface area contributed by atoms with Crippen LogP contribution in [0.25, 0.3) is 33.4 Å². The second-order valence-electron chi connectivity index (χ2n) is 12.8. The van der Waals surface area contributed by atoms with E-state index in [-0.39, 0.29) is 0 Å². The van der Waals surface area contributed by atoms with Gasteiger partial charge in [-0.05, 0) is 118 Å². The maximum absolute atomic E-state index is 6.64. The standard InChI is InChI=1S/C42H38Cl6N2Si2/c43-37-23-35(33(3-1-21-51)39(45)41(37)47)27-9-17-31(18-10-27)49-29-13-5-25(6-14-29)26-7-15-30(16-8-26)50-32-19-11-28(12-20-32)36-24-38(44)42(48)40(46)34(36)4-2-22-52/h5-20,23-24,49-50H,1-4,21-22H2,51-52H3. The van der Waals surface area contributed by atoms with Crippen LogP contribution in [0.1, 0.15) is 24.0 Å². The molecule has 0 saturated carbocycles. The predicted molar refractivity (Wildman–Crippen MR) is 238 cm³/mol. The maximum Gasteiger partial charge on any atom is 0.0781 e. The Bertz CT molecular complexity index is 2000. The third kappa shape index (κ3) is 9.06. The lowest BCUT2D eigenvalue weighted by molar-refractivity contribution is 0.921. The van der Waals surface area contributed by atoms with E-state index in [0.29, 0.717) is 30.1 Å². The lowest BCUT2D eigenvalue weighted by Crippen LogP contribution is -1.95. The highest BCUT2D eigenvalue weighted by atomic mass is 35.5. The molecular formula is C42H38Cl6N2Si2. The number of rotatable bonds is 13. The van der Waals surface area contributed by atoms with Gasteiger partial charge in [0.05, 0.1) is 30.1 Å². The summed E-state index contributed by atoms with van der Waals surface area (Å²) in [6, 6.07) is 39.8. The highest BCUT2D eigenvalue weighted by Crippen LogP contribution is 2.42. The van der Waals surface area contributed by atoms with Crippen molar-refractivity contribution in [2.24, 2.45) is 0 Å². The Balaban J connectivity index is 1.10. The van der Waals surface area contributed by atoms with Crippen LogP contribution in [0.5, 0.6) is 0 Å². The van der Waals surface area contributed by atoms with Crippen LogP contribution in [0.2, 0.25) is 42.2 Å². The van der Waals surface area contributed by atoms with Crippen molar-refractivity contribution in [3.05, 3.63) is 150 Å².